The monoisotopic (exact) mass is 533 g/mol. The molecule has 0 bridgehead atoms. The fraction of sp³-hybridized carbons (Fsp3) is 0.292. The second-order valence-corrected chi connectivity index (χ2v) is 11.2. The number of halogens is 2. The molecule has 2 aromatic carbocycles. The first-order valence-corrected chi connectivity index (χ1v) is 13.6. The lowest BCUT2D eigenvalue weighted by atomic mass is 10.2. The van der Waals surface area contributed by atoms with Crippen molar-refractivity contribution in [3.05, 3.63) is 70.5 Å². The Morgan fingerprint density at radius 2 is 1.66 bits per heavy atom. The minimum Gasteiger partial charge on any atom is -0.324 e. The third-order valence-electron chi connectivity index (χ3n) is 5.64. The summed E-state index contributed by atoms with van der Waals surface area (Å²) in [5.74, 6) is -0.00323. The summed E-state index contributed by atoms with van der Waals surface area (Å²) in [6, 6.07) is 11.1. The number of anilines is 3. The Hall–Kier alpha value is -2.72. The normalized spacial score (nSPS) is 14.1. The molecule has 0 saturated carbocycles. The fourth-order valence-corrected chi connectivity index (χ4v) is 5.48. The number of hydrogen-bond donors (Lipinski definition) is 2. The van der Waals surface area contributed by atoms with Crippen molar-refractivity contribution in [2.45, 2.75) is 24.2 Å². The summed E-state index contributed by atoms with van der Waals surface area (Å²) >= 11 is 12.0. The minimum atomic E-state index is -3.33. The summed E-state index contributed by atoms with van der Waals surface area (Å²) in [5, 5.41) is 6.37. The van der Waals surface area contributed by atoms with Gasteiger partial charge in [0.05, 0.1) is 39.3 Å². The highest BCUT2D eigenvalue weighted by Gasteiger charge is 2.17. The van der Waals surface area contributed by atoms with Crippen LogP contribution in [0.3, 0.4) is 0 Å². The van der Waals surface area contributed by atoms with E-state index in [0.717, 1.165) is 19.6 Å². The zero-order valence-corrected chi connectivity index (χ0v) is 21.2. The van der Waals surface area contributed by atoms with E-state index >= 15 is 0 Å². The number of likely N-dealkylation sites (tertiary alicyclic amines) is 1. The van der Waals surface area contributed by atoms with Crippen LogP contribution in [0.25, 0.3) is 0 Å². The average Bonchev–Trinajstić information content (AvgIpc) is 3.36. The van der Waals surface area contributed by atoms with Crippen molar-refractivity contribution in [1.82, 2.24) is 14.9 Å². The van der Waals surface area contributed by atoms with Crippen molar-refractivity contribution in [1.29, 1.82) is 0 Å². The van der Waals surface area contributed by atoms with Crippen molar-refractivity contribution in [3.8, 4) is 0 Å². The summed E-state index contributed by atoms with van der Waals surface area (Å²) in [6.07, 6.45) is 5.92. The summed E-state index contributed by atoms with van der Waals surface area (Å²) in [5.41, 5.74) is 1.27. The number of hydrogen-bond acceptors (Lipinski definition) is 7. The van der Waals surface area contributed by atoms with Gasteiger partial charge in [-0.25, -0.2) is 18.4 Å². The molecule has 2 heterocycles. The summed E-state index contributed by atoms with van der Waals surface area (Å²) in [6.45, 7) is 2.94. The standard InChI is InChI=1S/C24H25Cl2N5O3S/c25-17-4-9-22(26)21(14-17)23(32)29-19-15-27-24(28-16-19)30-18-5-7-20(8-6-18)35(33,34)13-3-12-31-10-1-2-11-31/h4-9,14-16H,1-3,10-13H2,(H,29,32)(H,27,28,30). The van der Waals surface area contributed by atoms with Gasteiger partial charge in [-0.1, -0.05) is 23.2 Å². The van der Waals surface area contributed by atoms with Gasteiger partial charge in [0.1, 0.15) is 0 Å². The molecule has 0 aliphatic carbocycles. The second kappa shape index (κ2) is 11.3. The van der Waals surface area contributed by atoms with Crippen LogP contribution >= 0.6 is 23.2 Å². The summed E-state index contributed by atoms with van der Waals surface area (Å²) in [4.78, 5) is 23.4. The van der Waals surface area contributed by atoms with Gasteiger partial charge in [0.25, 0.3) is 5.91 Å². The van der Waals surface area contributed by atoms with E-state index in [9.17, 15) is 13.2 Å². The molecule has 1 fully saturated rings. The molecule has 0 spiro atoms. The molecule has 0 atom stereocenters. The lowest BCUT2D eigenvalue weighted by molar-refractivity contribution is 0.102. The van der Waals surface area contributed by atoms with Crippen LogP contribution in [-0.4, -0.2) is 54.6 Å². The first-order valence-electron chi connectivity index (χ1n) is 11.2. The zero-order valence-electron chi connectivity index (χ0n) is 18.9. The largest absolute Gasteiger partial charge is 0.324 e. The Labute approximate surface area is 214 Å². The zero-order chi connectivity index (χ0) is 24.8. The third-order valence-corrected chi connectivity index (χ3v) is 8.02. The number of nitrogens with one attached hydrogen (secondary N) is 2. The minimum absolute atomic E-state index is 0.132. The fourth-order valence-electron chi connectivity index (χ4n) is 3.80. The highest BCUT2D eigenvalue weighted by Crippen LogP contribution is 2.22. The number of benzene rings is 2. The molecule has 3 aromatic rings. The van der Waals surface area contributed by atoms with E-state index in [2.05, 4.69) is 25.5 Å². The Morgan fingerprint density at radius 3 is 2.34 bits per heavy atom. The van der Waals surface area contributed by atoms with Gasteiger partial charge < -0.3 is 15.5 Å². The van der Waals surface area contributed by atoms with E-state index in [0.29, 0.717) is 33.7 Å². The quantitative estimate of drug-likeness (QED) is 0.397. The lowest BCUT2D eigenvalue weighted by Crippen LogP contribution is -2.22. The van der Waals surface area contributed by atoms with Crippen molar-refractivity contribution >= 4 is 56.3 Å². The van der Waals surface area contributed by atoms with E-state index in [1.54, 1.807) is 36.4 Å². The molecule has 35 heavy (non-hydrogen) atoms. The molecule has 0 unspecified atom stereocenters. The van der Waals surface area contributed by atoms with Crippen molar-refractivity contribution in [2.75, 3.05) is 36.0 Å². The molecule has 0 radical (unpaired) electrons. The van der Waals surface area contributed by atoms with Crippen LogP contribution in [0.15, 0.2) is 59.8 Å². The van der Waals surface area contributed by atoms with Crippen LogP contribution in [0, 0.1) is 0 Å². The second-order valence-electron chi connectivity index (χ2n) is 8.24. The number of rotatable bonds is 9. The molecule has 1 amide bonds. The van der Waals surface area contributed by atoms with Gasteiger partial charge in [-0.2, -0.15) is 0 Å². The van der Waals surface area contributed by atoms with Crippen LogP contribution in [0.5, 0.6) is 0 Å². The highest BCUT2D eigenvalue weighted by molar-refractivity contribution is 7.91. The first-order chi connectivity index (χ1) is 16.8. The number of amides is 1. The van der Waals surface area contributed by atoms with Crippen LogP contribution in [0.4, 0.5) is 17.3 Å². The Kier molecular flexibility index (Phi) is 8.22. The van der Waals surface area contributed by atoms with E-state index in [-0.39, 0.29) is 16.3 Å². The molecular formula is C24H25Cl2N5O3S. The average molecular weight is 534 g/mol. The molecule has 1 aromatic heterocycles. The summed E-state index contributed by atoms with van der Waals surface area (Å²) < 4.78 is 25.3. The van der Waals surface area contributed by atoms with Crippen molar-refractivity contribution in [3.63, 3.8) is 0 Å². The maximum Gasteiger partial charge on any atom is 0.257 e. The van der Waals surface area contributed by atoms with E-state index < -0.39 is 15.7 Å². The predicted octanol–water partition coefficient (Wildman–Crippen LogP) is 5.04. The maximum atomic E-state index is 12.6. The number of carbonyl (C=O) groups excluding carboxylic acids is 1. The maximum absolute atomic E-state index is 12.6. The smallest absolute Gasteiger partial charge is 0.257 e. The van der Waals surface area contributed by atoms with Gasteiger partial charge in [0.15, 0.2) is 9.84 Å². The Bertz CT molecular complexity index is 1280. The van der Waals surface area contributed by atoms with Gasteiger partial charge in [-0.15, -0.1) is 0 Å². The molecule has 1 aliphatic rings. The molecule has 184 valence electrons. The van der Waals surface area contributed by atoms with Gasteiger partial charge >= 0.3 is 0 Å². The van der Waals surface area contributed by atoms with Crippen LogP contribution < -0.4 is 10.6 Å². The predicted molar refractivity (Wildman–Crippen MR) is 139 cm³/mol. The third kappa shape index (κ3) is 6.91. The van der Waals surface area contributed by atoms with Gasteiger partial charge in [-0.3, -0.25) is 4.79 Å². The molecule has 2 N–H and O–H groups in total. The van der Waals surface area contributed by atoms with Crippen molar-refractivity contribution < 1.29 is 13.2 Å². The van der Waals surface area contributed by atoms with Crippen molar-refractivity contribution in [2.24, 2.45) is 0 Å². The number of carbonyl (C=O) groups is 1. The molecule has 1 saturated heterocycles. The molecule has 11 heteroatoms. The van der Waals surface area contributed by atoms with E-state index in [4.69, 9.17) is 23.2 Å². The Morgan fingerprint density at radius 1 is 0.971 bits per heavy atom. The first kappa shape index (κ1) is 25.4. The van der Waals surface area contributed by atoms with Crippen LogP contribution in [0.2, 0.25) is 10.0 Å². The number of nitrogens with zero attached hydrogens (tertiary/aromatic N) is 3. The number of sulfone groups is 1. The topological polar surface area (TPSA) is 104 Å². The van der Waals surface area contributed by atoms with Crippen LogP contribution in [-0.2, 0) is 9.84 Å². The SMILES string of the molecule is O=C(Nc1cnc(Nc2ccc(S(=O)(=O)CCCN3CCCC3)cc2)nc1)c1cc(Cl)ccc1Cl. The van der Waals surface area contributed by atoms with Gasteiger partial charge in [-0.05, 0) is 81.4 Å². The Balaban J connectivity index is 1.32. The molecule has 8 nitrogen and oxygen atoms in total. The van der Waals surface area contributed by atoms with Gasteiger partial charge in [0.2, 0.25) is 5.95 Å². The van der Waals surface area contributed by atoms with E-state index in [1.807, 2.05) is 0 Å². The number of aromatic nitrogens is 2. The highest BCUT2D eigenvalue weighted by atomic mass is 35.5. The lowest BCUT2D eigenvalue weighted by Gasteiger charge is -2.14. The van der Waals surface area contributed by atoms with E-state index in [1.165, 1.54) is 31.3 Å². The molecule has 1 aliphatic heterocycles. The molecule has 4 rings (SSSR count). The molecular weight excluding hydrogens is 509 g/mol. The van der Waals surface area contributed by atoms with Crippen LogP contribution in [0.1, 0.15) is 29.6 Å². The summed E-state index contributed by atoms with van der Waals surface area (Å²) in [7, 11) is -3.33. The van der Waals surface area contributed by atoms with Gasteiger partial charge in [0, 0.05) is 10.7 Å².